The van der Waals surface area contributed by atoms with Gasteiger partial charge in [0.05, 0.1) is 24.0 Å². The molecule has 1 aromatic rings. The topological polar surface area (TPSA) is 133 Å². The number of ketones is 1. The summed E-state index contributed by atoms with van der Waals surface area (Å²) in [4.78, 5) is 54.3. The molecular weight excluding hydrogens is 492 g/mol. The van der Waals surface area contributed by atoms with Crippen molar-refractivity contribution in [3.63, 3.8) is 0 Å². The van der Waals surface area contributed by atoms with E-state index in [2.05, 4.69) is 5.32 Å². The summed E-state index contributed by atoms with van der Waals surface area (Å²) in [5.74, 6) is -2.31. The third-order valence-corrected chi connectivity index (χ3v) is 9.27. The number of hydrogen-bond donors (Lipinski definition) is 3. The zero-order chi connectivity index (χ0) is 27.0. The standard InChI is InChI=1S/C27H36N4O5S/c1-14(10-20(32)18(28)11-16-8-6-5-7-9-16)21-22-15(2)24(23(27(35)36)31(22)26(21)34)37-17-12-19(29-13-17)25(33)30(3)4/h5-9,14-15,17-19,21-22,29H,10-13,28H2,1-4H3,(H,35,36)/t14-,15+,17-,18+,19-,21+,22+/m0/s1. The number of carboxylic acids is 1. The van der Waals surface area contributed by atoms with Gasteiger partial charge in [0.2, 0.25) is 11.8 Å². The molecule has 2 fully saturated rings. The number of carbonyl (C=O) groups is 4. The highest BCUT2D eigenvalue weighted by Gasteiger charge is 2.60. The average Bonchev–Trinajstić information content (AvgIpc) is 3.40. The summed E-state index contributed by atoms with van der Waals surface area (Å²) in [5, 5.41) is 13.3. The number of nitrogens with two attached hydrogens (primary N) is 1. The zero-order valence-corrected chi connectivity index (χ0v) is 22.5. The van der Waals surface area contributed by atoms with Gasteiger partial charge in [0.15, 0.2) is 0 Å². The van der Waals surface area contributed by atoms with E-state index in [1.54, 1.807) is 19.0 Å². The lowest BCUT2D eigenvalue weighted by Crippen LogP contribution is -2.62. The van der Waals surface area contributed by atoms with Crippen LogP contribution in [0.5, 0.6) is 0 Å². The van der Waals surface area contributed by atoms with Crippen molar-refractivity contribution in [3.05, 3.63) is 46.5 Å². The average molecular weight is 529 g/mol. The highest BCUT2D eigenvalue weighted by atomic mass is 32.2. The molecule has 0 unspecified atom stereocenters. The first-order valence-electron chi connectivity index (χ1n) is 12.7. The van der Waals surface area contributed by atoms with Crippen LogP contribution in [0.4, 0.5) is 0 Å². The number of nitrogens with one attached hydrogen (secondary N) is 1. The van der Waals surface area contributed by atoms with Crippen molar-refractivity contribution in [2.75, 3.05) is 20.6 Å². The number of benzene rings is 1. The molecular formula is C27H36N4O5S. The highest BCUT2D eigenvalue weighted by Crippen LogP contribution is 2.53. The van der Waals surface area contributed by atoms with Crippen LogP contribution in [0.3, 0.4) is 0 Å². The molecule has 3 aliphatic rings. The molecule has 7 atom stereocenters. The Hall–Kier alpha value is -2.69. The third kappa shape index (κ3) is 5.32. The minimum absolute atomic E-state index is 0.00182. The van der Waals surface area contributed by atoms with Crippen molar-refractivity contribution in [2.45, 2.75) is 56.5 Å². The van der Waals surface area contributed by atoms with Gasteiger partial charge in [0.25, 0.3) is 0 Å². The molecule has 200 valence electrons. The number of carbonyl (C=O) groups excluding carboxylic acids is 3. The quantitative estimate of drug-likeness (QED) is 0.389. The lowest BCUT2D eigenvalue weighted by Gasteiger charge is -2.47. The van der Waals surface area contributed by atoms with E-state index in [0.717, 1.165) is 5.56 Å². The van der Waals surface area contributed by atoms with Crippen molar-refractivity contribution < 1.29 is 24.3 Å². The van der Waals surface area contributed by atoms with E-state index >= 15 is 0 Å². The molecule has 0 saturated carbocycles. The highest BCUT2D eigenvalue weighted by molar-refractivity contribution is 8.03. The molecule has 0 bridgehead atoms. The normalized spacial score (nSPS) is 28.5. The van der Waals surface area contributed by atoms with Crippen LogP contribution in [0.15, 0.2) is 40.9 Å². The predicted octanol–water partition coefficient (Wildman–Crippen LogP) is 1.48. The Morgan fingerprint density at radius 2 is 1.92 bits per heavy atom. The molecule has 2 amide bonds. The van der Waals surface area contributed by atoms with Crippen LogP contribution in [-0.2, 0) is 25.6 Å². The van der Waals surface area contributed by atoms with Gasteiger partial charge in [-0.2, -0.15) is 0 Å². The number of thioether (sulfide) groups is 1. The number of carboxylic acid groups (broad SMARTS) is 1. The van der Waals surface area contributed by atoms with Crippen molar-refractivity contribution >= 4 is 35.3 Å². The Labute approximate surface area is 221 Å². The van der Waals surface area contributed by atoms with Gasteiger partial charge in [-0.3, -0.25) is 14.4 Å². The second-order valence-electron chi connectivity index (χ2n) is 10.6. The third-order valence-electron chi connectivity index (χ3n) is 7.76. The number of nitrogens with zero attached hydrogens (tertiary/aromatic N) is 2. The Morgan fingerprint density at radius 1 is 1.24 bits per heavy atom. The minimum atomic E-state index is -1.12. The molecule has 0 aliphatic carbocycles. The van der Waals surface area contributed by atoms with E-state index in [1.807, 2.05) is 44.2 Å². The molecule has 37 heavy (non-hydrogen) atoms. The van der Waals surface area contributed by atoms with E-state index in [9.17, 15) is 24.3 Å². The SMILES string of the molecule is C[C@@H](CC(=O)[C@H](N)Cc1ccccc1)[C@H]1C(=O)N2C(C(=O)O)=C(S[C@@H]3CN[C@H](C(=O)N(C)C)C3)[C@H](C)[C@H]12. The number of fused-ring (bicyclic) bond motifs is 1. The maximum absolute atomic E-state index is 13.2. The molecule has 1 aromatic carbocycles. The molecule has 3 heterocycles. The molecule has 2 saturated heterocycles. The Morgan fingerprint density at radius 3 is 2.54 bits per heavy atom. The van der Waals surface area contributed by atoms with Gasteiger partial charge >= 0.3 is 5.97 Å². The molecule has 0 aromatic heterocycles. The summed E-state index contributed by atoms with van der Waals surface area (Å²) in [6.07, 6.45) is 1.21. The van der Waals surface area contributed by atoms with E-state index in [4.69, 9.17) is 5.73 Å². The number of hydrogen-bond acceptors (Lipinski definition) is 7. The van der Waals surface area contributed by atoms with Gasteiger partial charge in [0.1, 0.15) is 11.5 Å². The second-order valence-corrected chi connectivity index (χ2v) is 12.0. The van der Waals surface area contributed by atoms with Crippen LogP contribution in [-0.4, -0.2) is 82.5 Å². The summed E-state index contributed by atoms with van der Waals surface area (Å²) >= 11 is 1.46. The van der Waals surface area contributed by atoms with Crippen molar-refractivity contribution in [1.82, 2.24) is 15.1 Å². The molecule has 4 N–H and O–H groups in total. The first-order chi connectivity index (χ1) is 17.5. The van der Waals surface area contributed by atoms with Crippen LogP contribution < -0.4 is 11.1 Å². The Balaban J connectivity index is 1.42. The van der Waals surface area contributed by atoms with Crippen molar-refractivity contribution in [2.24, 2.45) is 23.5 Å². The number of β-lactam (4-membered cyclic amide) rings is 1. The van der Waals surface area contributed by atoms with Gasteiger partial charge in [-0.05, 0) is 24.3 Å². The predicted molar refractivity (Wildman–Crippen MR) is 141 cm³/mol. The van der Waals surface area contributed by atoms with Gasteiger partial charge in [-0.1, -0.05) is 44.2 Å². The largest absolute Gasteiger partial charge is 0.477 e. The minimum Gasteiger partial charge on any atom is -0.477 e. The zero-order valence-electron chi connectivity index (χ0n) is 21.7. The van der Waals surface area contributed by atoms with Crippen molar-refractivity contribution in [1.29, 1.82) is 0 Å². The maximum atomic E-state index is 13.2. The van der Waals surface area contributed by atoms with Crippen LogP contribution in [0.1, 0.15) is 32.3 Å². The number of rotatable bonds is 10. The van der Waals surface area contributed by atoms with Gasteiger partial charge in [-0.15, -0.1) is 11.8 Å². The smallest absolute Gasteiger partial charge is 0.353 e. The van der Waals surface area contributed by atoms with Crippen LogP contribution >= 0.6 is 11.8 Å². The summed E-state index contributed by atoms with van der Waals surface area (Å²) in [6, 6.07) is 8.35. The summed E-state index contributed by atoms with van der Waals surface area (Å²) in [7, 11) is 3.43. The monoisotopic (exact) mass is 528 g/mol. The lowest BCUT2D eigenvalue weighted by atomic mass is 9.73. The van der Waals surface area contributed by atoms with Crippen LogP contribution in [0.25, 0.3) is 0 Å². The molecule has 0 radical (unpaired) electrons. The fourth-order valence-electron chi connectivity index (χ4n) is 5.82. The number of amides is 2. The van der Waals surface area contributed by atoms with Gasteiger partial charge in [-0.25, -0.2) is 4.79 Å². The van der Waals surface area contributed by atoms with E-state index in [1.165, 1.54) is 16.7 Å². The number of Topliss-reactive ketones (excluding diaryl/α,β-unsaturated/α-hetero) is 1. The van der Waals surface area contributed by atoms with Crippen LogP contribution in [0, 0.1) is 17.8 Å². The molecule has 4 rings (SSSR count). The summed E-state index contributed by atoms with van der Waals surface area (Å²) < 4.78 is 0. The van der Waals surface area contributed by atoms with Crippen molar-refractivity contribution in [3.8, 4) is 0 Å². The maximum Gasteiger partial charge on any atom is 0.353 e. The number of likely N-dealkylation sites (N-methyl/N-ethyl adjacent to an activating group) is 1. The second kappa shape index (κ2) is 11.0. The lowest BCUT2D eigenvalue weighted by molar-refractivity contribution is -0.160. The fraction of sp³-hybridized carbons (Fsp3) is 0.556. The van der Waals surface area contributed by atoms with E-state index in [0.29, 0.717) is 24.3 Å². The number of aliphatic carboxylic acids is 1. The van der Waals surface area contributed by atoms with Crippen LogP contribution in [0.2, 0.25) is 0 Å². The summed E-state index contributed by atoms with van der Waals surface area (Å²) in [5.41, 5.74) is 7.22. The van der Waals surface area contributed by atoms with E-state index < -0.39 is 17.9 Å². The fourth-order valence-corrected chi connectivity index (χ4v) is 7.30. The summed E-state index contributed by atoms with van der Waals surface area (Å²) in [6.45, 7) is 4.42. The Kier molecular flexibility index (Phi) is 8.11. The first-order valence-corrected chi connectivity index (χ1v) is 13.6. The van der Waals surface area contributed by atoms with Gasteiger partial charge in [0, 0.05) is 43.1 Å². The van der Waals surface area contributed by atoms with E-state index in [-0.39, 0.29) is 58.9 Å². The molecule has 9 nitrogen and oxygen atoms in total. The van der Waals surface area contributed by atoms with Gasteiger partial charge < -0.3 is 26.0 Å². The first kappa shape index (κ1) is 27.3. The molecule has 3 aliphatic heterocycles. The molecule has 10 heteroatoms. The Bertz CT molecular complexity index is 1110. The molecule has 0 spiro atoms.